The minimum absolute atomic E-state index is 0.265. The molecule has 0 saturated carbocycles. The quantitative estimate of drug-likeness (QED) is 0.437. The molecule has 0 aliphatic carbocycles. The minimum atomic E-state index is -4.74. The van der Waals surface area contributed by atoms with E-state index in [1.807, 2.05) is 0 Å². The highest BCUT2D eigenvalue weighted by molar-refractivity contribution is 6.45. The Labute approximate surface area is 140 Å². The van der Waals surface area contributed by atoms with Crippen molar-refractivity contribution in [3.05, 3.63) is 48.5 Å². The van der Waals surface area contributed by atoms with Crippen LogP contribution in [0.4, 0.5) is 18.9 Å². The van der Waals surface area contributed by atoms with E-state index in [0.29, 0.717) is 16.8 Å². The largest absolute Gasteiger partial charge is 0.573 e. The Bertz CT molecular complexity index is 838. The molecule has 0 amide bonds. The minimum Gasteiger partial charge on any atom is -0.406 e. The molecule has 6 nitrogen and oxygen atoms in total. The molecule has 0 aliphatic rings. The van der Waals surface area contributed by atoms with Crippen molar-refractivity contribution in [3.8, 4) is 22.9 Å². The van der Waals surface area contributed by atoms with Crippen LogP contribution in [0.25, 0.3) is 11.1 Å². The van der Waals surface area contributed by atoms with Gasteiger partial charge in [0.15, 0.2) is 5.84 Å². The van der Waals surface area contributed by atoms with Crippen LogP contribution in [0.2, 0.25) is 0 Å². The molecule has 0 saturated heterocycles. The van der Waals surface area contributed by atoms with Crippen molar-refractivity contribution < 1.29 is 17.9 Å². The van der Waals surface area contributed by atoms with Gasteiger partial charge >= 0.3 is 6.36 Å². The van der Waals surface area contributed by atoms with E-state index in [0.717, 1.165) is 0 Å². The summed E-state index contributed by atoms with van der Waals surface area (Å²) < 4.78 is 40.3. The van der Waals surface area contributed by atoms with Gasteiger partial charge in [-0.15, -0.1) is 13.2 Å². The van der Waals surface area contributed by atoms with Crippen LogP contribution >= 0.6 is 0 Å². The molecule has 0 bridgehead atoms. The van der Waals surface area contributed by atoms with Crippen LogP contribution in [0.15, 0.2) is 53.6 Å². The van der Waals surface area contributed by atoms with Gasteiger partial charge < -0.3 is 10.5 Å². The Hall–Kier alpha value is -3.54. The molecule has 0 unspecified atom stereocenters. The molecule has 0 fully saturated rings. The third-order valence-electron chi connectivity index (χ3n) is 2.94. The molecule has 0 spiro atoms. The molecule has 0 radical (unpaired) electrons. The highest BCUT2D eigenvalue weighted by Crippen LogP contribution is 2.27. The first-order valence-electron chi connectivity index (χ1n) is 6.83. The van der Waals surface area contributed by atoms with Crippen molar-refractivity contribution in [1.82, 2.24) is 0 Å². The summed E-state index contributed by atoms with van der Waals surface area (Å²) in [6.07, 6.45) is -4.74. The number of halogens is 3. The fourth-order valence-corrected chi connectivity index (χ4v) is 1.88. The van der Waals surface area contributed by atoms with Crippen molar-refractivity contribution in [2.24, 2.45) is 10.8 Å². The number of ether oxygens (including phenoxy) is 1. The van der Waals surface area contributed by atoms with Gasteiger partial charge in [0.2, 0.25) is 5.71 Å². The van der Waals surface area contributed by atoms with E-state index >= 15 is 0 Å². The van der Waals surface area contributed by atoms with E-state index in [1.54, 1.807) is 30.3 Å². The van der Waals surface area contributed by atoms with Crippen LogP contribution in [-0.2, 0) is 0 Å². The Morgan fingerprint density at radius 3 is 2.40 bits per heavy atom. The second-order valence-corrected chi connectivity index (χ2v) is 4.75. The number of nitriles is 1. The molecule has 0 aromatic heterocycles. The zero-order valence-corrected chi connectivity index (χ0v) is 12.6. The molecule has 9 heteroatoms. The number of rotatable bonds is 5. The van der Waals surface area contributed by atoms with Crippen molar-refractivity contribution in [1.29, 1.82) is 10.7 Å². The number of anilines is 1. The van der Waals surface area contributed by atoms with Gasteiger partial charge in [0.1, 0.15) is 11.8 Å². The van der Waals surface area contributed by atoms with E-state index < -0.39 is 12.2 Å². The monoisotopic (exact) mass is 347 g/mol. The number of benzene rings is 2. The van der Waals surface area contributed by atoms with Crippen LogP contribution < -0.4 is 15.9 Å². The van der Waals surface area contributed by atoms with Gasteiger partial charge in [-0.25, -0.2) is 0 Å². The molecule has 2 aromatic rings. The summed E-state index contributed by atoms with van der Waals surface area (Å²) in [7, 11) is 0. The number of hydrogen-bond donors (Lipinski definition) is 3. The zero-order chi connectivity index (χ0) is 18.4. The summed E-state index contributed by atoms with van der Waals surface area (Å²) in [6, 6.07) is 13.9. The Kier molecular flexibility index (Phi) is 5.24. The van der Waals surface area contributed by atoms with Crippen LogP contribution in [0, 0.1) is 16.7 Å². The van der Waals surface area contributed by atoms with Gasteiger partial charge in [-0.1, -0.05) is 24.3 Å². The normalized spacial score (nSPS) is 11.5. The number of nitrogens with zero attached hydrogens (tertiary/aromatic N) is 2. The van der Waals surface area contributed by atoms with Gasteiger partial charge in [-0.2, -0.15) is 10.4 Å². The maximum absolute atomic E-state index is 12.2. The van der Waals surface area contributed by atoms with E-state index in [1.165, 1.54) is 24.3 Å². The first kappa shape index (κ1) is 17.8. The summed E-state index contributed by atoms with van der Waals surface area (Å²) in [4.78, 5) is 0. The molecule has 0 aliphatic heterocycles. The molecule has 128 valence electrons. The number of nitrogens with two attached hydrogens (primary N) is 1. The third-order valence-corrected chi connectivity index (χ3v) is 2.94. The van der Waals surface area contributed by atoms with Crippen LogP contribution in [0.5, 0.6) is 5.75 Å². The Morgan fingerprint density at radius 2 is 1.84 bits per heavy atom. The van der Waals surface area contributed by atoms with E-state index in [2.05, 4.69) is 15.3 Å². The topological polar surface area (TPSA) is 107 Å². The van der Waals surface area contributed by atoms with E-state index in [9.17, 15) is 13.2 Å². The molecular weight excluding hydrogens is 335 g/mol. The zero-order valence-electron chi connectivity index (χ0n) is 12.6. The molecule has 2 aromatic carbocycles. The predicted octanol–water partition coefficient (Wildman–Crippen LogP) is 3.48. The Morgan fingerprint density at radius 1 is 1.16 bits per heavy atom. The van der Waals surface area contributed by atoms with Crippen LogP contribution in [0.1, 0.15) is 0 Å². The van der Waals surface area contributed by atoms with Gasteiger partial charge in [-0.3, -0.25) is 10.8 Å². The SMILES string of the molecule is N#C/C(=N\Nc1cccc(-c2ccc(OC(F)(F)F)cc2)c1)C(=N)N. The van der Waals surface area contributed by atoms with Crippen LogP contribution in [0.3, 0.4) is 0 Å². The highest BCUT2D eigenvalue weighted by atomic mass is 19.4. The summed E-state index contributed by atoms with van der Waals surface area (Å²) in [5.41, 5.74) is 9.41. The number of nitrogens with one attached hydrogen (secondary N) is 2. The molecule has 25 heavy (non-hydrogen) atoms. The number of amidine groups is 1. The predicted molar refractivity (Wildman–Crippen MR) is 87.1 cm³/mol. The first-order valence-corrected chi connectivity index (χ1v) is 6.83. The number of alkyl halides is 3. The molecule has 4 N–H and O–H groups in total. The second kappa shape index (κ2) is 7.35. The number of hydrogen-bond acceptors (Lipinski definition) is 5. The van der Waals surface area contributed by atoms with E-state index in [4.69, 9.17) is 16.4 Å². The summed E-state index contributed by atoms with van der Waals surface area (Å²) in [5.74, 6) is -0.776. The maximum Gasteiger partial charge on any atom is 0.573 e. The molecule has 2 rings (SSSR count). The maximum atomic E-state index is 12.2. The van der Waals surface area contributed by atoms with Crippen molar-refractivity contribution in [2.45, 2.75) is 6.36 Å². The lowest BCUT2D eigenvalue weighted by molar-refractivity contribution is -0.274. The van der Waals surface area contributed by atoms with Gasteiger partial charge in [-0.05, 0) is 35.4 Å². The smallest absolute Gasteiger partial charge is 0.406 e. The standard InChI is InChI=1S/C16H12F3N5O/c17-16(18,19)25-13-6-4-10(5-7-13)11-2-1-3-12(8-11)23-24-14(9-20)15(21)22/h1-8,23H,(H3,21,22)/b24-14+. The molecule has 0 atom stereocenters. The van der Waals surface area contributed by atoms with Gasteiger partial charge in [0, 0.05) is 0 Å². The average molecular weight is 347 g/mol. The summed E-state index contributed by atoms with van der Waals surface area (Å²) in [6.45, 7) is 0. The third kappa shape index (κ3) is 5.24. The summed E-state index contributed by atoms with van der Waals surface area (Å²) in [5, 5.41) is 19.7. The first-order chi connectivity index (χ1) is 11.8. The fourth-order valence-electron chi connectivity index (χ4n) is 1.88. The molecular formula is C16H12F3N5O. The molecule has 0 heterocycles. The summed E-state index contributed by atoms with van der Waals surface area (Å²) >= 11 is 0. The van der Waals surface area contributed by atoms with Gasteiger partial charge in [0.25, 0.3) is 0 Å². The fraction of sp³-hybridized carbons (Fsp3) is 0.0625. The van der Waals surface area contributed by atoms with Gasteiger partial charge in [0.05, 0.1) is 5.69 Å². The van der Waals surface area contributed by atoms with Crippen molar-refractivity contribution >= 4 is 17.2 Å². The van der Waals surface area contributed by atoms with Crippen LogP contribution in [-0.4, -0.2) is 17.9 Å². The number of hydrazone groups is 1. The highest BCUT2D eigenvalue weighted by Gasteiger charge is 2.30. The van der Waals surface area contributed by atoms with Crippen molar-refractivity contribution in [2.75, 3.05) is 5.43 Å². The van der Waals surface area contributed by atoms with E-state index in [-0.39, 0.29) is 11.5 Å². The lowest BCUT2D eigenvalue weighted by Gasteiger charge is -2.10. The lowest BCUT2D eigenvalue weighted by atomic mass is 10.1. The second-order valence-electron chi connectivity index (χ2n) is 4.75. The lowest BCUT2D eigenvalue weighted by Crippen LogP contribution is -2.21. The average Bonchev–Trinajstić information content (AvgIpc) is 2.54. The van der Waals surface area contributed by atoms with Crippen molar-refractivity contribution in [3.63, 3.8) is 0 Å². The Balaban J connectivity index is 2.19.